The summed E-state index contributed by atoms with van der Waals surface area (Å²) in [6.45, 7) is 12.4. The van der Waals surface area contributed by atoms with Crippen molar-refractivity contribution in [1.82, 2.24) is 15.5 Å². The summed E-state index contributed by atoms with van der Waals surface area (Å²) >= 11 is 0. The highest BCUT2D eigenvalue weighted by atomic mass is 16.5. The van der Waals surface area contributed by atoms with Crippen LogP contribution in [0.15, 0.2) is 35.3 Å². The van der Waals surface area contributed by atoms with Crippen LogP contribution in [-0.2, 0) is 16.1 Å². The molecule has 0 spiro atoms. The van der Waals surface area contributed by atoms with Crippen LogP contribution in [0.3, 0.4) is 0 Å². The van der Waals surface area contributed by atoms with Gasteiger partial charge in [0.05, 0.1) is 26.4 Å². The van der Waals surface area contributed by atoms with E-state index >= 15 is 0 Å². The Hall–Kier alpha value is -1.63. The molecule has 1 aliphatic heterocycles. The van der Waals surface area contributed by atoms with Crippen LogP contribution in [0.2, 0.25) is 0 Å². The minimum Gasteiger partial charge on any atom is -0.379 e. The molecule has 0 amide bonds. The van der Waals surface area contributed by atoms with Gasteiger partial charge in [0, 0.05) is 38.8 Å². The first-order valence-electron chi connectivity index (χ1n) is 9.99. The molecule has 3 atom stereocenters. The average Bonchev–Trinajstić information content (AvgIpc) is 2.69. The second-order valence-corrected chi connectivity index (χ2v) is 7.45. The van der Waals surface area contributed by atoms with Crippen LogP contribution in [0, 0.1) is 5.92 Å². The molecular formula is C21H36N4O2. The molecule has 1 saturated heterocycles. The van der Waals surface area contributed by atoms with Gasteiger partial charge >= 0.3 is 0 Å². The molecule has 0 bridgehead atoms. The summed E-state index contributed by atoms with van der Waals surface area (Å²) in [4.78, 5) is 6.82. The summed E-state index contributed by atoms with van der Waals surface area (Å²) in [6, 6.07) is 11.2. The van der Waals surface area contributed by atoms with Crippen LogP contribution in [0.1, 0.15) is 26.3 Å². The number of ether oxygens (including phenoxy) is 2. The number of hydrogen-bond acceptors (Lipinski definition) is 4. The predicted molar refractivity (Wildman–Crippen MR) is 111 cm³/mol. The monoisotopic (exact) mass is 376 g/mol. The number of morpholine rings is 1. The smallest absolute Gasteiger partial charge is 0.191 e. The molecule has 0 aromatic heterocycles. The molecule has 1 fully saturated rings. The van der Waals surface area contributed by atoms with Gasteiger partial charge in [-0.1, -0.05) is 37.3 Å². The van der Waals surface area contributed by atoms with Crippen molar-refractivity contribution in [2.75, 3.05) is 46.5 Å². The van der Waals surface area contributed by atoms with E-state index in [0.717, 1.165) is 45.4 Å². The Kier molecular flexibility index (Phi) is 9.59. The summed E-state index contributed by atoms with van der Waals surface area (Å²) < 4.78 is 11.3. The molecule has 1 aromatic rings. The average molecular weight is 377 g/mol. The van der Waals surface area contributed by atoms with Crippen molar-refractivity contribution >= 4 is 5.96 Å². The predicted octanol–water partition coefficient (Wildman–Crippen LogP) is 2.11. The van der Waals surface area contributed by atoms with Crippen LogP contribution >= 0.6 is 0 Å². The van der Waals surface area contributed by atoms with E-state index < -0.39 is 0 Å². The standard InChI is InChI=1S/C21H36N4O2/c1-17(14-27-16-20-8-6-5-7-9-20)12-23-21(22-4)24-13-18(2)25-10-11-26-15-19(25)3/h5-9,17-19H,10-16H2,1-4H3,(H2,22,23,24). The maximum Gasteiger partial charge on any atom is 0.191 e. The van der Waals surface area contributed by atoms with Gasteiger partial charge in [0.25, 0.3) is 0 Å². The van der Waals surface area contributed by atoms with E-state index in [1.807, 2.05) is 25.2 Å². The van der Waals surface area contributed by atoms with Crippen molar-refractivity contribution in [2.45, 2.75) is 39.5 Å². The van der Waals surface area contributed by atoms with Gasteiger partial charge in [-0.05, 0) is 25.3 Å². The first-order chi connectivity index (χ1) is 13.1. The molecule has 6 heteroatoms. The lowest BCUT2D eigenvalue weighted by Gasteiger charge is -2.38. The molecule has 1 heterocycles. The highest BCUT2D eigenvalue weighted by Crippen LogP contribution is 2.10. The summed E-state index contributed by atoms with van der Waals surface area (Å²) in [5.74, 6) is 1.25. The molecular weight excluding hydrogens is 340 g/mol. The highest BCUT2D eigenvalue weighted by molar-refractivity contribution is 5.79. The Morgan fingerprint density at radius 1 is 1.26 bits per heavy atom. The number of nitrogens with one attached hydrogen (secondary N) is 2. The van der Waals surface area contributed by atoms with Crippen molar-refractivity contribution in [3.63, 3.8) is 0 Å². The van der Waals surface area contributed by atoms with Gasteiger partial charge in [0.15, 0.2) is 5.96 Å². The summed E-state index contributed by atoms with van der Waals surface area (Å²) in [5, 5.41) is 6.84. The summed E-state index contributed by atoms with van der Waals surface area (Å²) in [6.07, 6.45) is 0. The van der Waals surface area contributed by atoms with Crippen molar-refractivity contribution in [3.05, 3.63) is 35.9 Å². The zero-order valence-corrected chi connectivity index (χ0v) is 17.3. The third kappa shape index (κ3) is 7.87. The number of benzene rings is 1. The first kappa shape index (κ1) is 21.7. The van der Waals surface area contributed by atoms with E-state index in [0.29, 0.717) is 24.6 Å². The first-order valence-corrected chi connectivity index (χ1v) is 9.99. The van der Waals surface area contributed by atoms with Crippen LogP contribution in [-0.4, -0.2) is 69.4 Å². The normalized spacial score (nSPS) is 20.9. The van der Waals surface area contributed by atoms with E-state index in [4.69, 9.17) is 9.47 Å². The van der Waals surface area contributed by atoms with Gasteiger partial charge < -0.3 is 20.1 Å². The Labute approximate surface area is 164 Å². The maximum absolute atomic E-state index is 5.82. The maximum atomic E-state index is 5.82. The minimum atomic E-state index is 0.406. The SMILES string of the molecule is CN=C(NCC(C)COCc1ccccc1)NCC(C)N1CCOCC1C. The molecule has 2 N–H and O–H groups in total. The van der Waals surface area contributed by atoms with Crippen molar-refractivity contribution in [2.24, 2.45) is 10.9 Å². The number of nitrogens with zero attached hydrogens (tertiary/aromatic N) is 2. The number of guanidine groups is 1. The molecule has 6 nitrogen and oxygen atoms in total. The molecule has 0 aliphatic carbocycles. The highest BCUT2D eigenvalue weighted by Gasteiger charge is 2.23. The molecule has 0 radical (unpaired) electrons. The van der Waals surface area contributed by atoms with Crippen molar-refractivity contribution in [3.8, 4) is 0 Å². The molecule has 27 heavy (non-hydrogen) atoms. The van der Waals surface area contributed by atoms with E-state index in [-0.39, 0.29) is 0 Å². The van der Waals surface area contributed by atoms with E-state index in [1.165, 1.54) is 5.56 Å². The quantitative estimate of drug-likeness (QED) is 0.511. The number of aliphatic imine (C=N–C) groups is 1. The van der Waals surface area contributed by atoms with E-state index in [2.05, 4.69) is 53.4 Å². The molecule has 0 saturated carbocycles. The van der Waals surface area contributed by atoms with Gasteiger partial charge in [-0.3, -0.25) is 9.89 Å². The van der Waals surface area contributed by atoms with Gasteiger partial charge in [-0.15, -0.1) is 0 Å². The number of hydrogen-bond donors (Lipinski definition) is 2. The van der Waals surface area contributed by atoms with E-state index in [1.54, 1.807) is 0 Å². The third-order valence-corrected chi connectivity index (χ3v) is 4.91. The van der Waals surface area contributed by atoms with Gasteiger partial charge in [-0.25, -0.2) is 0 Å². The largest absolute Gasteiger partial charge is 0.379 e. The fraction of sp³-hybridized carbons (Fsp3) is 0.667. The second kappa shape index (κ2) is 12.0. The summed E-state index contributed by atoms with van der Waals surface area (Å²) in [5.41, 5.74) is 1.21. The molecule has 3 unspecified atom stereocenters. The lowest BCUT2D eigenvalue weighted by atomic mass is 10.2. The van der Waals surface area contributed by atoms with E-state index in [9.17, 15) is 0 Å². The lowest BCUT2D eigenvalue weighted by Crippen LogP contribution is -2.53. The van der Waals surface area contributed by atoms with Gasteiger partial charge in [0.2, 0.25) is 0 Å². The van der Waals surface area contributed by atoms with Gasteiger partial charge in [0.1, 0.15) is 0 Å². The van der Waals surface area contributed by atoms with Crippen LogP contribution in [0.5, 0.6) is 0 Å². The minimum absolute atomic E-state index is 0.406. The molecule has 152 valence electrons. The Bertz CT molecular complexity index is 552. The Morgan fingerprint density at radius 3 is 2.70 bits per heavy atom. The lowest BCUT2D eigenvalue weighted by molar-refractivity contribution is -0.0174. The zero-order chi connectivity index (χ0) is 19.5. The Morgan fingerprint density at radius 2 is 2.00 bits per heavy atom. The molecule has 1 aliphatic rings. The topological polar surface area (TPSA) is 58.1 Å². The fourth-order valence-electron chi connectivity index (χ4n) is 3.26. The molecule has 2 rings (SSSR count). The number of rotatable bonds is 9. The zero-order valence-electron chi connectivity index (χ0n) is 17.3. The summed E-state index contributed by atoms with van der Waals surface area (Å²) in [7, 11) is 1.81. The molecule has 1 aromatic carbocycles. The third-order valence-electron chi connectivity index (χ3n) is 4.91. The fourth-order valence-corrected chi connectivity index (χ4v) is 3.26. The second-order valence-electron chi connectivity index (χ2n) is 7.45. The van der Waals surface area contributed by atoms with Crippen LogP contribution in [0.25, 0.3) is 0 Å². The van der Waals surface area contributed by atoms with Crippen LogP contribution < -0.4 is 10.6 Å². The van der Waals surface area contributed by atoms with Gasteiger partial charge in [-0.2, -0.15) is 0 Å². The Balaban J connectivity index is 1.62. The van der Waals surface area contributed by atoms with Crippen molar-refractivity contribution < 1.29 is 9.47 Å². The van der Waals surface area contributed by atoms with Crippen molar-refractivity contribution in [1.29, 1.82) is 0 Å². The van der Waals surface area contributed by atoms with Crippen LogP contribution in [0.4, 0.5) is 0 Å².